The predicted octanol–water partition coefficient (Wildman–Crippen LogP) is 4.42. The summed E-state index contributed by atoms with van der Waals surface area (Å²) >= 11 is 0. The van der Waals surface area contributed by atoms with Gasteiger partial charge in [0.2, 0.25) is 5.58 Å². The highest BCUT2D eigenvalue weighted by atomic mass is 19.1. The smallest absolute Gasteiger partial charge is 0.206 e. The van der Waals surface area contributed by atoms with Crippen LogP contribution < -0.4 is 10.6 Å². The van der Waals surface area contributed by atoms with Gasteiger partial charge in [0.25, 0.3) is 0 Å². The Morgan fingerprint density at radius 1 is 1.12 bits per heavy atom. The second-order valence-electron chi connectivity index (χ2n) is 5.86. The van der Waals surface area contributed by atoms with E-state index in [1.807, 2.05) is 31.2 Å². The number of aromatic nitrogens is 3. The Hall–Kier alpha value is -3.48. The van der Waals surface area contributed by atoms with Crippen LogP contribution in [-0.4, -0.2) is 15.1 Å². The third-order valence-electron chi connectivity index (χ3n) is 3.96. The predicted molar refractivity (Wildman–Crippen MR) is 97.8 cm³/mol. The van der Waals surface area contributed by atoms with Crippen molar-refractivity contribution in [3.63, 3.8) is 0 Å². The second kappa shape index (κ2) is 6.79. The first-order valence-corrected chi connectivity index (χ1v) is 8.11. The zero-order valence-corrected chi connectivity index (χ0v) is 14.0. The molecular weight excluding hydrogens is 333 g/mol. The van der Waals surface area contributed by atoms with E-state index in [9.17, 15) is 4.39 Å². The average Bonchev–Trinajstić information content (AvgIpc) is 3.07. The number of benzene rings is 1. The Balaban J connectivity index is 1.57. The summed E-state index contributed by atoms with van der Waals surface area (Å²) in [5, 5.41) is 10.7. The highest BCUT2D eigenvalue weighted by molar-refractivity contribution is 5.92. The van der Waals surface area contributed by atoms with Crippen LogP contribution in [-0.2, 0) is 6.54 Å². The molecule has 130 valence electrons. The zero-order chi connectivity index (χ0) is 17.9. The number of hydrogen-bond donors (Lipinski definition) is 2. The second-order valence-corrected chi connectivity index (χ2v) is 5.86. The minimum atomic E-state index is -0.478. The summed E-state index contributed by atoms with van der Waals surface area (Å²) in [7, 11) is 0. The van der Waals surface area contributed by atoms with Crippen molar-refractivity contribution in [1.82, 2.24) is 15.1 Å². The van der Waals surface area contributed by atoms with Crippen molar-refractivity contribution >= 4 is 28.2 Å². The number of nitrogens with zero attached hydrogens (tertiary/aromatic N) is 3. The number of fused-ring (bicyclic) bond motifs is 1. The van der Waals surface area contributed by atoms with Crippen LogP contribution in [0.1, 0.15) is 11.3 Å². The molecule has 0 amide bonds. The number of aryl methyl sites for hydroxylation is 1. The van der Waals surface area contributed by atoms with Gasteiger partial charge in [-0.25, -0.2) is 4.39 Å². The van der Waals surface area contributed by atoms with E-state index >= 15 is 0 Å². The molecule has 4 rings (SSSR count). The molecule has 4 aromatic rings. The van der Waals surface area contributed by atoms with E-state index in [2.05, 4.69) is 25.8 Å². The van der Waals surface area contributed by atoms with Crippen LogP contribution in [0.4, 0.5) is 21.6 Å². The lowest BCUT2D eigenvalue weighted by Gasteiger charge is -2.07. The maximum absolute atomic E-state index is 14.7. The van der Waals surface area contributed by atoms with E-state index in [4.69, 9.17) is 4.52 Å². The van der Waals surface area contributed by atoms with E-state index in [0.717, 1.165) is 16.9 Å². The molecule has 26 heavy (non-hydrogen) atoms. The summed E-state index contributed by atoms with van der Waals surface area (Å²) < 4.78 is 19.9. The van der Waals surface area contributed by atoms with Gasteiger partial charge in [0.05, 0.1) is 23.0 Å². The van der Waals surface area contributed by atoms with Crippen LogP contribution >= 0.6 is 0 Å². The maximum Gasteiger partial charge on any atom is 0.206 e. The molecule has 0 saturated heterocycles. The van der Waals surface area contributed by atoms with E-state index in [0.29, 0.717) is 23.4 Å². The highest BCUT2D eigenvalue weighted by Crippen LogP contribution is 2.31. The van der Waals surface area contributed by atoms with E-state index < -0.39 is 5.82 Å². The quantitative estimate of drug-likeness (QED) is 0.555. The first-order chi connectivity index (χ1) is 12.7. The average molecular weight is 349 g/mol. The van der Waals surface area contributed by atoms with Gasteiger partial charge in [-0.05, 0) is 42.8 Å². The normalized spacial score (nSPS) is 10.8. The molecule has 2 N–H and O–H groups in total. The Kier molecular flexibility index (Phi) is 4.18. The van der Waals surface area contributed by atoms with E-state index in [-0.39, 0.29) is 5.58 Å². The largest absolute Gasteiger partial charge is 0.378 e. The van der Waals surface area contributed by atoms with E-state index in [1.165, 1.54) is 0 Å². The molecular formula is C19H16FN5O. The lowest BCUT2D eigenvalue weighted by Crippen LogP contribution is -2.01. The van der Waals surface area contributed by atoms with Gasteiger partial charge < -0.3 is 15.2 Å². The monoisotopic (exact) mass is 349 g/mol. The minimum absolute atomic E-state index is 0.101. The SMILES string of the molecule is Cc1ccc(Nc2noc3c(F)c(NCc4cccnc4)ccc23)cn1. The molecule has 0 unspecified atom stereocenters. The topological polar surface area (TPSA) is 75.9 Å². The van der Waals surface area contributed by atoms with Crippen molar-refractivity contribution < 1.29 is 8.91 Å². The molecule has 6 nitrogen and oxygen atoms in total. The number of rotatable bonds is 5. The Bertz CT molecular complexity index is 1030. The molecule has 1 aromatic carbocycles. The van der Waals surface area contributed by atoms with Crippen LogP contribution in [0.15, 0.2) is 59.5 Å². The lowest BCUT2D eigenvalue weighted by atomic mass is 10.2. The minimum Gasteiger partial charge on any atom is -0.378 e. The van der Waals surface area contributed by atoms with Gasteiger partial charge in [0, 0.05) is 24.6 Å². The Labute approximate surface area is 149 Å². The van der Waals surface area contributed by atoms with Crippen molar-refractivity contribution in [3.05, 3.63) is 72.1 Å². The summed E-state index contributed by atoms with van der Waals surface area (Å²) in [6, 6.07) is 11.0. The number of pyridine rings is 2. The lowest BCUT2D eigenvalue weighted by molar-refractivity contribution is 0.444. The van der Waals surface area contributed by atoms with Crippen LogP contribution in [0.3, 0.4) is 0 Å². The fourth-order valence-corrected chi connectivity index (χ4v) is 2.58. The number of anilines is 3. The van der Waals surface area contributed by atoms with Crippen molar-refractivity contribution in [2.24, 2.45) is 0 Å². The summed E-state index contributed by atoms with van der Waals surface area (Å²) in [6.07, 6.45) is 5.12. The fraction of sp³-hybridized carbons (Fsp3) is 0.105. The summed E-state index contributed by atoms with van der Waals surface area (Å²) in [5.41, 5.74) is 3.07. The molecule has 3 aromatic heterocycles. The van der Waals surface area contributed by atoms with Gasteiger partial charge in [0.1, 0.15) is 0 Å². The number of halogens is 1. The molecule has 0 saturated carbocycles. The summed E-state index contributed by atoms with van der Waals surface area (Å²) in [5.74, 6) is -0.0302. The Morgan fingerprint density at radius 3 is 2.81 bits per heavy atom. The van der Waals surface area contributed by atoms with Crippen LogP contribution in [0.25, 0.3) is 11.0 Å². The molecule has 0 fully saturated rings. The van der Waals surface area contributed by atoms with Gasteiger partial charge >= 0.3 is 0 Å². The van der Waals surface area contributed by atoms with Crippen molar-refractivity contribution in [1.29, 1.82) is 0 Å². The molecule has 0 radical (unpaired) electrons. The third kappa shape index (κ3) is 3.19. The van der Waals surface area contributed by atoms with Gasteiger partial charge in [-0.15, -0.1) is 0 Å². The van der Waals surface area contributed by atoms with Gasteiger partial charge in [0.15, 0.2) is 11.6 Å². The van der Waals surface area contributed by atoms with Gasteiger partial charge in [-0.3, -0.25) is 9.97 Å². The highest BCUT2D eigenvalue weighted by Gasteiger charge is 2.16. The van der Waals surface area contributed by atoms with Crippen molar-refractivity contribution in [2.45, 2.75) is 13.5 Å². The third-order valence-corrected chi connectivity index (χ3v) is 3.96. The first-order valence-electron chi connectivity index (χ1n) is 8.11. The molecule has 0 bridgehead atoms. The number of hydrogen-bond acceptors (Lipinski definition) is 6. The van der Waals surface area contributed by atoms with Gasteiger partial charge in [-0.1, -0.05) is 11.2 Å². The number of nitrogens with one attached hydrogen (secondary N) is 2. The molecule has 0 spiro atoms. The summed E-state index contributed by atoms with van der Waals surface area (Å²) in [6.45, 7) is 2.37. The molecule has 0 aliphatic rings. The van der Waals surface area contributed by atoms with Crippen LogP contribution in [0, 0.1) is 12.7 Å². The standard InChI is InChI=1S/C19H16FN5O/c1-12-4-5-14(11-22-12)24-19-15-6-7-16(17(20)18(15)26-25-19)23-10-13-3-2-8-21-9-13/h2-9,11,23H,10H2,1H3,(H,24,25). The molecule has 3 heterocycles. The van der Waals surface area contributed by atoms with Crippen LogP contribution in [0.5, 0.6) is 0 Å². The van der Waals surface area contributed by atoms with Gasteiger partial charge in [-0.2, -0.15) is 0 Å². The molecule has 0 aliphatic heterocycles. The molecule has 0 atom stereocenters. The molecule has 0 aliphatic carbocycles. The van der Waals surface area contributed by atoms with Crippen molar-refractivity contribution in [2.75, 3.05) is 10.6 Å². The first kappa shape index (κ1) is 16.0. The van der Waals surface area contributed by atoms with E-state index in [1.54, 1.807) is 30.7 Å². The fourth-order valence-electron chi connectivity index (χ4n) is 2.58. The summed E-state index contributed by atoms with van der Waals surface area (Å²) in [4.78, 5) is 8.26. The maximum atomic E-state index is 14.7. The van der Waals surface area contributed by atoms with Crippen molar-refractivity contribution in [3.8, 4) is 0 Å². The van der Waals surface area contributed by atoms with Crippen LogP contribution in [0.2, 0.25) is 0 Å². The molecule has 7 heteroatoms. The zero-order valence-electron chi connectivity index (χ0n) is 14.0. The Morgan fingerprint density at radius 2 is 2.04 bits per heavy atom.